The number of rotatable bonds is 5. The Kier molecular flexibility index (Phi) is 5.16. The van der Waals surface area contributed by atoms with Crippen molar-refractivity contribution < 1.29 is 0 Å². The summed E-state index contributed by atoms with van der Waals surface area (Å²) in [5.41, 5.74) is 3.01. The maximum Gasteiger partial charge on any atom is 0.0233 e. The van der Waals surface area contributed by atoms with Gasteiger partial charge < -0.3 is 10.2 Å². The highest BCUT2D eigenvalue weighted by molar-refractivity contribution is 5.25. The molecule has 0 aliphatic carbocycles. The van der Waals surface area contributed by atoms with E-state index in [0.29, 0.717) is 0 Å². The van der Waals surface area contributed by atoms with Crippen LogP contribution in [0, 0.1) is 6.92 Å². The van der Waals surface area contributed by atoms with Crippen LogP contribution in [-0.4, -0.2) is 30.6 Å². The predicted octanol–water partition coefficient (Wildman–Crippen LogP) is 2.81. The lowest BCUT2D eigenvalue weighted by molar-refractivity contribution is 0.303. The third-order valence-electron chi connectivity index (χ3n) is 2.85. The Labute approximate surface area is 106 Å². The molecule has 96 valence electrons. The monoisotopic (exact) mass is 234 g/mol. The highest BCUT2D eigenvalue weighted by Crippen LogP contribution is 2.09. The third kappa shape index (κ3) is 5.85. The molecule has 0 heterocycles. The first-order valence-corrected chi connectivity index (χ1v) is 6.36. The number of likely N-dealkylation sites (N-methyl/N-ethyl adjacent to an activating group) is 1. The molecule has 2 nitrogen and oxygen atoms in total. The lowest BCUT2D eigenvalue weighted by atomic mass is 10.1. The summed E-state index contributed by atoms with van der Waals surface area (Å²) < 4.78 is 0. The van der Waals surface area contributed by atoms with Crippen LogP contribution in [-0.2, 0) is 6.54 Å². The van der Waals surface area contributed by atoms with Crippen molar-refractivity contribution in [2.75, 3.05) is 20.1 Å². The molecule has 17 heavy (non-hydrogen) atoms. The molecule has 0 amide bonds. The summed E-state index contributed by atoms with van der Waals surface area (Å²) in [6.07, 6.45) is 0. The second-order valence-corrected chi connectivity index (χ2v) is 5.84. The van der Waals surface area contributed by atoms with Crippen molar-refractivity contribution in [3.63, 3.8) is 0 Å². The smallest absolute Gasteiger partial charge is 0.0233 e. The standard InChI is InChI=1S/C15H26N2/c1-13-8-6-7-9-14(13)12-17(5)11-10-16-15(2,3)4/h6-9,16H,10-12H2,1-5H3. The molecule has 0 atom stereocenters. The van der Waals surface area contributed by atoms with Crippen molar-refractivity contribution in [2.24, 2.45) is 0 Å². The lowest BCUT2D eigenvalue weighted by Crippen LogP contribution is -2.40. The number of hydrogen-bond acceptors (Lipinski definition) is 2. The van der Waals surface area contributed by atoms with Gasteiger partial charge >= 0.3 is 0 Å². The molecule has 0 bridgehead atoms. The van der Waals surface area contributed by atoms with Gasteiger partial charge in [0, 0.05) is 25.2 Å². The van der Waals surface area contributed by atoms with Crippen LogP contribution in [0.4, 0.5) is 0 Å². The zero-order valence-electron chi connectivity index (χ0n) is 11.9. The minimum atomic E-state index is 0.212. The van der Waals surface area contributed by atoms with Crippen LogP contribution in [0.3, 0.4) is 0 Å². The number of nitrogens with one attached hydrogen (secondary N) is 1. The van der Waals surface area contributed by atoms with Gasteiger partial charge in [0.2, 0.25) is 0 Å². The second-order valence-electron chi connectivity index (χ2n) is 5.84. The average Bonchev–Trinajstić information content (AvgIpc) is 2.19. The average molecular weight is 234 g/mol. The molecular weight excluding hydrogens is 208 g/mol. The van der Waals surface area contributed by atoms with E-state index in [-0.39, 0.29) is 5.54 Å². The van der Waals surface area contributed by atoms with Crippen LogP contribution < -0.4 is 5.32 Å². The first kappa shape index (κ1) is 14.2. The van der Waals surface area contributed by atoms with Gasteiger partial charge in [-0.2, -0.15) is 0 Å². The van der Waals surface area contributed by atoms with Crippen molar-refractivity contribution in [1.29, 1.82) is 0 Å². The maximum atomic E-state index is 3.51. The van der Waals surface area contributed by atoms with Crippen molar-refractivity contribution in [3.8, 4) is 0 Å². The van der Waals surface area contributed by atoms with Crippen LogP contribution in [0.2, 0.25) is 0 Å². The number of benzene rings is 1. The number of aryl methyl sites for hydroxylation is 1. The van der Waals surface area contributed by atoms with E-state index >= 15 is 0 Å². The molecule has 0 aliphatic rings. The molecule has 0 spiro atoms. The summed E-state index contributed by atoms with van der Waals surface area (Å²) in [4.78, 5) is 2.36. The minimum absolute atomic E-state index is 0.212. The molecule has 2 heteroatoms. The minimum Gasteiger partial charge on any atom is -0.311 e. The molecule has 0 saturated carbocycles. The molecule has 1 aromatic carbocycles. The van der Waals surface area contributed by atoms with Crippen molar-refractivity contribution >= 4 is 0 Å². The van der Waals surface area contributed by atoms with Crippen LogP contribution in [0.25, 0.3) is 0 Å². The highest BCUT2D eigenvalue weighted by atomic mass is 15.1. The molecule has 0 aliphatic heterocycles. The van der Waals surface area contributed by atoms with Crippen LogP contribution in [0.15, 0.2) is 24.3 Å². The highest BCUT2D eigenvalue weighted by Gasteiger charge is 2.08. The molecule has 0 fully saturated rings. The molecule has 0 radical (unpaired) electrons. The fraction of sp³-hybridized carbons (Fsp3) is 0.600. The molecular formula is C15H26N2. The topological polar surface area (TPSA) is 15.3 Å². The van der Waals surface area contributed by atoms with E-state index in [1.165, 1.54) is 11.1 Å². The fourth-order valence-electron chi connectivity index (χ4n) is 1.78. The first-order chi connectivity index (χ1) is 7.88. The normalized spacial score (nSPS) is 12.1. The molecule has 1 rings (SSSR count). The van der Waals surface area contributed by atoms with Crippen molar-refractivity contribution in [1.82, 2.24) is 10.2 Å². The molecule has 0 aromatic heterocycles. The molecule has 1 N–H and O–H groups in total. The number of hydrogen-bond donors (Lipinski definition) is 1. The fourth-order valence-corrected chi connectivity index (χ4v) is 1.78. The van der Waals surface area contributed by atoms with Gasteiger partial charge in [0.25, 0.3) is 0 Å². The predicted molar refractivity (Wildman–Crippen MR) is 75.3 cm³/mol. The summed E-state index contributed by atoms with van der Waals surface area (Å²) in [7, 11) is 2.18. The van der Waals surface area contributed by atoms with E-state index in [2.05, 4.69) is 69.2 Å². The second kappa shape index (κ2) is 6.18. The number of nitrogens with zero attached hydrogens (tertiary/aromatic N) is 1. The zero-order valence-corrected chi connectivity index (χ0v) is 11.9. The first-order valence-electron chi connectivity index (χ1n) is 6.36. The van der Waals surface area contributed by atoms with E-state index < -0.39 is 0 Å². The Balaban J connectivity index is 2.35. The summed E-state index contributed by atoms with van der Waals surface area (Å²) in [5, 5.41) is 3.51. The Bertz CT molecular complexity index is 339. The Morgan fingerprint density at radius 3 is 2.41 bits per heavy atom. The van der Waals surface area contributed by atoms with Crippen LogP contribution in [0.5, 0.6) is 0 Å². The van der Waals surface area contributed by atoms with Gasteiger partial charge in [0.15, 0.2) is 0 Å². The van der Waals surface area contributed by atoms with Gasteiger partial charge in [-0.15, -0.1) is 0 Å². The van der Waals surface area contributed by atoms with E-state index in [1.54, 1.807) is 0 Å². The molecule has 1 aromatic rings. The van der Waals surface area contributed by atoms with Crippen molar-refractivity contribution in [2.45, 2.75) is 39.8 Å². The maximum absolute atomic E-state index is 3.51. The van der Waals surface area contributed by atoms with E-state index in [0.717, 1.165) is 19.6 Å². The van der Waals surface area contributed by atoms with Gasteiger partial charge in [-0.1, -0.05) is 24.3 Å². The van der Waals surface area contributed by atoms with Gasteiger partial charge in [0.1, 0.15) is 0 Å². The van der Waals surface area contributed by atoms with E-state index in [4.69, 9.17) is 0 Å². The Morgan fingerprint density at radius 2 is 1.82 bits per heavy atom. The lowest BCUT2D eigenvalue weighted by Gasteiger charge is -2.24. The van der Waals surface area contributed by atoms with Crippen molar-refractivity contribution in [3.05, 3.63) is 35.4 Å². The van der Waals surface area contributed by atoms with Gasteiger partial charge in [0.05, 0.1) is 0 Å². The Hall–Kier alpha value is -0.860. The van der Waals surface area contributed by atoms with Crippen LogP contribution >= 0.6 is 0 Å². The van der Waals surface area contributed by atoms with Gasteiger partial charge in [-0.3, -0.25) is 0 Å². The van der Waals surface area contributed by atoms with E-state index in [9.17, 15) is 0 Å². The van der Waals surface area contributed by atoms with Crippen LogP contribution in [0.1, 0.15) is 31.9 Å². The summed E-state index contributed by atoms with van der Waals surface area (Å²) in [5.74, 6) is 0. The molecule has 0 unspecified atom stereocenters. The summed E-state index contributed by atoms with van der Waals surface area (Å²) in [6.45, 7) is 11.9. The largest absolute Gasteiger partial charge is 0.311 e. The zero-order chi connectivity index (χ0) is 12.9. The quantitative estimate of drug-likeness (QED) is 0.843. The van der Waals surface area contributed by atoms with Gasteiger partial charge in [-0.05, 0) is 45.9 Å². The summed E-state index contributed by atoms with van der Waals surface area (Å²) >= 11 is 0. The van der Waals surface area contributed by atoms with Gasteiger partial charge in [-0.25, -0.2) is 0 Å². The molecule has 0 saturated heterocycles. The Morgan fingerprint density at radius 1 is 1.18 bits per heavy atom. The third-order valence-corrected chi connectivity index (χ3v) is 2.85. The SMILES string of the molecule is Cc1ccccc1CN(C)CCNC(C)(C)C. The summed E-state index contributed by atoms with van der Waals surface area (Å²) in [6, 6.07) is 8.60. The van der Waals surface area contributed by atoms with E-state index in [1.807, 2.05) is 0 Å².